The third-order valence-corrected chi connectivity index (χ3v) is 1.25. The van der Waals surface area contributed by atoms with Gasteiger partial charge in [0.1, 0.15) is 11.8 Å². The molecular weight excluding hydrogens is 140 g/mol. The number of rotatable bonds is 0. The second-order valence-corrected chi connectivity index (χ2v) is 1.86. The second-order valence-electron chi connectivity index (χ2n) is 1.86. The van der Waals surface area contributed by atoms with Crippen LogP contribution in [0.1, 0.15) is 0 Å². The molecule has 2 heterocycles. The van der Waals surface area contributed by atoms with E-state index >= 15 is 0 Å². The minimum atomic E-state index is 0.433. The van der Waals surface area contributed by atoms with E-state index in [1.165, 1.54) is 12.7 Å². The standard InChI is InChI=1S/C5H5N5/c6-4-3-5(9-1-7-3)10-2-8-4/h1-2H,(H3,6,7,8,9,10)/i1+1,2+1,3+1,4+1,5+1,6+1,7+1,8+1,9+1,10+1. The van der Waals surface area contributed by atoms with Crippen LogP contribution in [0.5, 0.6) is 0 Å². The van der Waals surface area contributed by atoms with E-state index in [9.17, 15) is 0 Å². The van der Waals surface area contributed by atoms with Gasteiger partial charge in [-0.1, -0.05) is 0 Å². The van der Waals surface area contributed by atoms with Crippen LogP contribution in [0.3, 0.4) is 0 Å². The van der Waals surface area contributed by atoms with Crippen LogP contribution in [0.4, 0.5) is 5.82 Å². The Morgan fingerprint density at radius 2 is 2.20 bits per heavy atom. The topological polar surface area (TPSA) is 80.5 Å². The van der Waals surface area contributed by atoms with Gasteiger partial charge >= 0.3 is 0 Å². The van der Waals surface area contributed by atoms with Gasteiger partial charge in [-0.05, 0) is 0 Å². The summed E-state index contributed by atoms with van der Waals surface area (Å²) in [6.45, 7) is 0. The van der Waals surface area contributed by atoms with Gasteiger partial charge in [-0.25, -0.2) is 15.0 Å². The summed E-state index contributed by atoms with van der Waals surface area (Å²) in [7, 11) is 0. The molecule has 0 saturated heterocycles. The van der Waals surface area contributed by atoms with Crippen LogP contribution < -0.4 is 5.73 Å². The van der Waals surface area contributed by atoms with Crippen molar-refractivity contribution >= 4 is 17.0 Å². The molecule has 0 fully saturated rings. The molecule has 0 amide bonds. The highest BCUT2D eigenvalue weighted by atomic mass is 16.0. The Kier molecular flexibility index (Phi) is 0.858. The number of nitrogens with one attached hydrogen (secondary N) is 1. The Hall–Kier alpha value is -1.65. The maximum atomic E-state index is 5.48. The van der Waals surface area contributed by atoms with Crippen molar-refractivity contribution in [2.45, 2.75) is 0 Å². The van der Waals surface area contributed by atoms with E-state index in [2.05, 4.69) is 19.9 Å². The van der Waals surface area contributed by atoms with E-state index in [-0.39, 0.29) is 0 Å². The molecule has 0 aliphatic rings. The maximum Gasteiger partial charge on any atom is 0.182 e. The molecule has 0 bridgehead atoms. The second kappa shape index (κ2) is 1.66. The Balaban J connectivity index is 2.95. The molecule has 50 valence electrons. The molecule has 0 radical (unpaired) electrons. The van der Waals surface area contributed by atoms with Crippen molar-refractivity contribution in [3.63, 3.8) is 0 Å². The summed E-state index contributed by atoms with van der Waals surface area (Å²) >= 11 is 0. The van der Waals surface area contributed by atoms with Gasteiger partial charge in [0.15, 0.2) is 11.5 Å². The summed E-state index contributed by atoms with van der Waals surface area (Å²) in [4.78, 5) is 14.4. The fourth-order valence-corrected chi connectivity index (χ4v) is 0.784. The van der Waals surface area contributed by atoms with Gasteiger partial charge in [0, 0.05) is 0 Å². The van der Waals surface area contributed by atoms with E-state index in [0.717, 1.165) is 0 Å². The predicted molar refractivity (Wildman–Crippen MR) is 36.1 cm³/mol. The van der Waals surface area contributed by atoms with Gasteiger partial charge in [0.25, 0.3) is 0 Å². The van der Waals surface area contributed by atoms with Gasteiger partial charge in [-0.2, -0.15) is 0 Å². The maximum absolute atomic E-state index is 5.48. The molecule has 0 atom stereocenters. The first-order chi connectivity index (χ1) is 4.88. The smallest absolute Gasteiger partial charge is 0.182 e. The molecule has 3 N–H and O–H groups in total. The van der Waals surface area contributed by atoms with E-state index in [1.54, 1.807) is 0 Å². The zero-order valence-corrected chi connectivity index (χ0v) is 5.07. The average Bonchev–Trinajstić information content (AvgIpc) is 2.36. The van der Waals surface area contributed by atoms with E-state index < -0.39 is 0 Å². The number of nitrogens with two attached hydrogens (primary N) is 1. The molecule has 0 saturated carbocycles. The summed E-state index contributed by atoms with van der Waals surface area (Å²) < 4.78 is 0. The highest BCUT2D eigenvalue weighted by Crippen LogP contribution is 2.09. The lowest BCUT2D eigenvalue weighted by atomic mass is 11.5. The molecular formula is C5H5N5. The van der Waals surface area contributed by atoms with E-state index in [0.29, 0.717) is 17.0 Å². The van der Waals surface area contributed by atoms with Crippen molar-refractivity contribution in [1.29, 1.82) is 0 Å². The van der Waals surface area contributed by atoms with Crippen LogP contribution >= 0.6 is 0 Å². The Morgan fingerprint density at radius 3 is 3.00 bits per heavy atom. The molecule has 0 spiro atoms. The number of H-pyrrole nitrogens is 1. The van der Waals surface area contributed by atoms with Gasteiger partial charge in [-0.3, -0.25) is 0 Å². The Morgan fingerprint density at radius 1 is 1.30 bits per heavy atom. The quantitative estimate of drug-likeness (QED) is 0.508. The van der Waals surface area contributed by atoms with Gasteiger partial charge in [-0.15, -0.1) is 0 Å². The van der Waals surface area contributed by atoms with Crippen molar-refractivity contribution in [3.8, 4) is 0 Å². The largest absolute Gasteiger partial charge is 0.382 e. The first kappa shape index (κ1) is 5.16. The molecule has 2 aromatic rings. The van der Waals surface area contributed by atoms with Crippen molar-refractivity contribution in [2.24, 2.45) is 0 Å². The van der Waals surface area contributed by atoms with Crippen molar-refractivity contribution in [1.82, 2.24) is 19.9 Å². The van der Waals surface area contributed by atoms with Crippen molar-refractivity contribution < 1.29 is 0 Å². The number of nitrogen functional groups attached to an aromatic ring is 1. The average molecular weight is 145 g/mol. The molecule has 0 aliphatic carbocycles. The molecule has 5 heteroatoms. The minimum absolute atomic E-state index is 0.433. The third-order valence-electron chi connectivity index (χ3n) is 1.25. The molecule has 0 aromatic carbocycles. The van der Waals surface area contributed by atoms with Crippen LogP contribution in [-0.4, -0.2) is 19.9 Å². The monoisotopic (exact) mass is 145 g/mol. The zero-order valence-electron chi connectivity index (χ0n) is 5.07. The Labute approximate surface area is 56.3 Å². The third kappa shape index (κ3) is 0.540. The summed E-state index contributed by atoms with van der Waals surface area (Å²) in [6, 6.07) is 0. The number of fused-ring (bicyclic) bond motifs is 1. The summed E-state index contributed by atoms with van der Waals surface area (Å²) in [5.74, 6) is 0.433. The van der Waals surface area contributed by atoms with Crippen LogP contribution in [0.2, 0.25) is 0 Å². The van der Waals surface area contributed by atoms with Crippen LogP contribution in [0.25, 0.3) is 11.2 Å². The molecule has 10 heavy (non-hydrogen) atoms. The fourth-order valence-electron chi connectivity index (χ4n) is 0.784. The van der Waals surface area contributed by atoms with Crippen molar-refractivity contribution in [2.75, 3.05) is 5.73 Å². The number of anilines is 1. The van der Waals surface area contributed by atoms with Crippen molar-refractivity contribution in [3.05, 3.63) is 12.7 Å². The zero-order chi connectivity index (χ0) is 6.97. The Bertz CT molecular complexity index is 352. The van der Waals surface area contributed by atoms with Gasteiger partial charge in [0.2, 0.25) is 0 Å². The molecule has 0 unspecified atom stereocenters. The lowest BCUT2D eigenvalue weighted by Gasteiger charge is -1.89. The molecule has 5 nitrogen and oxygen atoms in total. The van der Waals surface area contributed by atoms with Crippen LogP contribution in [0, 0.1) is 0 Å². The minimum Gasteiger partial charge on any atom is -0.382 e. The van der Waals surface area contributed by atoms with E-state index in [4.69, 9.17) is 5.73 Å². The first-order valence-corrected chi connectivity index (χ1v) is 2.77. The van der Waals surface area contributed by atoms with Crippen LogP contribution in [0.15, 0.2) is 12.7 Å². The number of hydrogen-bond acceptors (Lipinski definition) is 4. The highest BCUT2D eigenvalue weighted by molar-refractivity contribution is 5.80. The molecule has 2 rings (SSSR count). The van der Waals surface area contributed by atoms with Gasteiger partial charge in [0.05, 0.1) is 6.33 Å². The highest BCUT2D eigenvalue weighted by Gasteiger charge is 1.99. The van der Waals surface area contributed by atoms with Gasteiger partial charge < -0.3 is 10.7 Å². The number of nitrogens with zero attached hydrogens (tertiary/aromatic N) is 3. The molecule has 0 aliphatic heterocycles. The lowest BCUT2D eigenvalue weighted by Crippen LogP contribution is -1.91. The summed E-state index contributed by atoms with van der Waals surface area (Å²) in [5.41, 5.74) is 6.78. The van der Waals surface area contributed by atoms with Crippen LogP contribution in [-0.2, 0) is 0 Å². The first-order valence-electron chi connectivity index (χ1n) is 2.77. The number of aromatic nitrogens is 4. The predicted octanol–water partition coefficient (Wildman–Crippen LogP) is -0.0649. The fraction of sp³-hybridized carbons (Fsp3) is 0. The lowest BCUT2D eigenvalue weighted by molar-refractivity contribution is 1.21. The number of aromatic amines is 1. The summed E-state index contributed by atoms with van der Waals surface area (Å²) in [5, 5.41) is 0. The normalized spacial score (nSPS) is 10.4. The molecule has 2 aromatic heterocycles. The number of hydrogen-bond donors (Lipinski definition) is 2. The SMILES string of the molecule is [15NH2][13c]1[15n][13cH][15n][13c]2[15n][13cH][15nH][13c]12. The summed E-state index contributed by atoms with van der Waals surface area (Å²) in [6.07, 6.45) is 2.92. The van der Waals surface area contributed by atoms with E-state index in [1.807, 2.05) is 0 Å². The number of imidazole rings is 1.